The molecule has 2 aromatic rings. The quantitative estimate of drug-likeness (QED) is 0.405. The Bertz CT molecular complexity index is 580. The number of benzene rings is 2. The van der Waals surface area contributed by atoms with Crippen molar-refractivity contribution in [1.29, 1.82) is 0 Å². The number of rotatable bonds is 12. The van der Waals surface area contributed by atoms with Crippen LogP contribution < -0.4 is 10.1 Å². The Hall–Kier alpha value is -1.90. The minimum atomic E-state index is 0.825. The molecule has 0 bridgehead atoms. The lowest BCUT2D eigenvalue weighted by atomic mass is 9.98. The molecule has 0 unspecified atom stereocenters. The fraction of sp³-hybridized carbons (Fsp3) is 0.455. The highest BCUT2D eigenvalue weighted by Crippen LogP contribution is 2.24. The maximum absolute atomic E-state index is 5.87. The molecule has 25 heavy (non-hydrogen) atoms. The molecule has 0 saturated heterocycles. The molecule has 0 aliphatic carbocycles. The van der Waals surface area contributed by atoms with Gasteiger partial charge in [0.25, 0.3) is 0 Å². The second-order valence-corrected chi connectivity index (χ2v) is 6.68. The van der Waals surface area contributed by atoms with Gasteiger partial charge in [0.15, 0.2) is 0 Å². The van der Waals surface area contributed by atoms with Gasteiger partial charge in [-0.05, 0) is 41.8 Å². The van der Waals surface area contributed by atoms with E-state index in [-0.39, 0.29) is 0 Å². The molecule has 0 radical (unpaired) electrons. The van der Waals surface area contributed by atoms with Gasteiger partial charge in [0, 0.05) is 12.7 Å². The first-order valence-electron chi connectivity index (χ1n) is 9.84. The molecule has 0 heterocycles. The van der Waals surface area contributed by atoms with Crippen molar-refractivity contribution in [3.8, 4) is 16.9 Å². The van der Waals surface area contributed by atoms with E-state index in [9.17, 15) is 0 Å². The van der Waals surface area contributed by atoms with Gasteiger partial charge in [-0.2, -0.15) is 0 Å². The van der Waals surface area contributed by atoms with Crippen LogP contribution in [0, 0.1) is 0 Å². The van der Waals surface area contributed by atoms with Gasteiger partial charge in [-0.3, -0.25) is 0 Å². The Kier molecular flexibility index (Phi) is 9.03. The molecule has 0 atom stereocenters. The van der Waals surface area contributed by atoms with E-state index in [1.165, 1.54) is 56.0 Å². The summed E-state index contributed by atoms with van der Waals surface area (Å²) in [7, 11) is 4.21. The minimum absolute atomic E-state index is 0.825. The van der Waals surface area contributed by atoms with E-state index in [4.69, 9.17) is 4.74 Å². The number of nitrogens with one attached hydrogen (secondary N) is 1. The van der Waals surface area contributed by atoms with Gasteiger partial charge in [-0.1, -0.05) is 69.1 Å². The molecule has 2 nitrogen and oxygen atoms in total. The third-order valence-corrected chi connectivity index (χ3v) is 4.63. The summed E-state index contributed by atoms with van der Waals surface area (Å²) in [5.74, 6) is 0.971. The Morgan fingerprint density at radius 1 is 0.720 bits per heavy atom. The zero-order valence-electron chi connectivity index (χ0n) is 15.9. The lowest BCUT2D eigenvalue weighted by molar-refractivity contribution is 0.304. The maximum Gasteiger partial charge on any atom is 0.119 e. The van der Waals surface area contributed by atoms with Gasteiger partial charge in [-0.25, -0.2) is 0 Å². The van der Waals surface area contributed by atoms with Crippen molar-refractivity contribution in [2.75, 3.05) is 19.0 Å². The first kappa shape index (κ1) is 19.4. The zero-order chi connectivity index (χ0) is 17.7. The highest BCUT2D eigenvalue weighted by molar-refractivity contribution is 6.08. The minimum Gasteiger partial charge on any atom is -0.494 e. The van der Waals surface area contributed by atoms with Crippen molar-refractivity contribution in [2.45, 2.75) is 51.3 Å². The van der Waals surface area contributed by atoms with Gasteiger partial charge in [-0.15, -0.1) is 0 Å². The van der Waals surface area contributed by atoms with Gasteiger partial charge in [0.05, 0.1) is 6.61 Å². The molecular weight excluding hydrogens is 305 g/mol. The van der Waals surface area contributed by atoms with E-state index in [1.54, 1.807) is 0 Å². The average Bonchev–Trinajstić information content (AvgIpc) is 2.67. The number of ether oxygens (including phenoxy) is 1. The molecular formula is C22H32BNO. The second-order valence-electron chi connectivity index (χ2n) is 6.68. The summed E-state index contributed by atoms with van der Waals surface area (Å²) in [6.45, 7) is 0.825. The fourth-order valence-electron chi connectivity index (χ4n) is 3.00. The lowest BCUT2D eigenvalue weighted by Gasteiger charge is -2.08. The fourth-order valence-corrected chi connectivity index (χ4v) is 3.00. The molecule has 0 fully saturated rings. The summed E-state index contributed by atoms with van der Waals surface area (Å²) >= 11 is 0. The number of unbranched alkanes of at least 4 members (excludes halogenated alkanes) is 6. The summed E-state index contributed by atoms with van der Waals surface area (Å²) < 4.78 is 5.87. The SMILES string of the molecule is BCCCCCCCCCOc1ccc(-c2ccc(NC)cc2)cc1. The van der Waals surface area contributed by atoms with Crippen LogP contribution in [0.2, 0.25) is 6.32 Å². The van der Waals surface area contributed by atoms with E-state index in [1.807, 2.05) is 7.05 Å². The largest absolute Gasteiger partial charge is 0.494 e. The van der Waals surface area contributed by atoms with Gasteiger partial charge < -0.3 is 10.1 Å². The lowest BCUT2D eigenvalue weighted by Crippen LogP contribution is -1.97. The van der Waals surface area contributed by atoms with Crippen LogP contribution in [0.15, 0.2) is 48.5 Å². The third kappa shape index (κ3) is 7.25. The van der Waals surface area contributed by atoms with Crippen LogP contribution >= 0.6 is 0 Å². The first-order valence-corrected chi connectivity index (χ1v) is 9.84. The van der Waals surface area contributed by atoms with Crippen LogP contribution in [0.3, 0.4) is 0 Å². The Morgan fingerprint density at radius 2 is 1.24 bits per heavy atom. The molecule has 2 rings (SSSR count). The van der Waals surface area contributed by atoms with E-state index in [0.717, 1.165) is 24.5 Å². The van der Waals surface area contributed by atoms with Gasteiger partial charge in [0.2, 0.25) is 0 Å². The molecule has 0 spiro atoms. The number of hydrogen-bond donors (Lipinski definition) is 1. The molecule has 0 saturated carbocycles. The van der Waals surface area contributed by atoms with Crippen molar-refractivity contribution in [3.05, 3.63) is 48.5 Å². The van der Waals surface area contributed by atoms with Crippen LogP contribution in [0.4, 0.5) is 5.69 Å². The molecule has 0 aromatic heterocycles. The van der Waals surface area contributed by atoms with E-state index in [0.29, 0.717) is 0 Å². The third-order valence-electron chi connectivity index (χ3n) is 4.63. The van der Waals surface area contributed by atoms with Crippen molar-refractivity contribution in [2.24, 2.45) is 0 Å². The van der Waals surface area contributed by atoms with E-state index < -0.39 is 0 Å². The van der Waals surface area contributed by atoms with Crippen LogP contribution in [0.25, 0.3) is 11.1 Å². The summed E-state index contributed by atoms with van der Waals surface area (Å²) in [4.78, 5) is 0. The van der Waals surface area contributed by atoms with Gasteiger partial charge in [0.1, 0.15) is 13.6 Å². The summed E-state index contributed by atoms with van der Waals surface area (Å²) in [5.41, 5.74) is 3.59. The van der Waals surface area contributed by atoms with E-state index in [2.05, 4.69) is 61.7 Å². The van der Waals surface area contributed by atoms with Crippen LogP contribution in [-0.4, -0.2) is 21.5 Å². The smallest absolute Gasteiger partial charge is 0.119 e. The monoisotopic (exact) mass is 337 g/mol. The number of anilines is 1. The molecule has 0 amide bonds. The zero-order valence-corrected chi connectivity index (χ0v) is 15.9. The van der Waals surface area contributed by atoms with Crippen LogP contribution in [-0.2, 0) is 0 Å². The van der Waals surface area contributed by atoms with Gasteiger partial charge >= 0.3 is 0 Å². The first-order chi connectivity index (χ1) is 12.3. The van der Waals surface area contributed by atoms with E-state index >= 15 is 0 Å². The molecule has 0 aliphatic rings. The van der Waals surface area contributed by atoms with Crippen LogP contribution in [0.5, 0.6) is 5.75 Å². The highest BCUT2D eigenvalue weighted by atomic mass is 16.5. The topological polar surface area (TPSA) is 21.3 Å². The van der Waals surface area contributed by atoms with Crippen molar-refractivity contribution < 1.29 is 4.74 Å². The predicted octanol–water partition coefficient (Wildman–Crippen LogP) is 5.56. The normalized spacial score (nSPS) is 10.6. The number of hydrogen-bond acceptors (Lipinski definition) is 2. The summed E-state index contributed by atoms with van der Waals surface area (Å²) in [6, 6.07) is 16.9. The van der Waals surface area contributed by atoms with Crippen molar-refractivity contribution in [3.63, 3.8) is 0 Å². The van der Waals surface area contributed by atoms with Crippen molar-refractivity contribution in [1.82, 2.24) is 0 Å². The second kappa shape index (κ2) is 11.6. The Balaban J connectivity index is 1.65. The summed E-state index contributed by atoms with van der Waals surface area (Å²) in [6.07, 6.45) is 10.7. The Labute approximate surface area is 154 Å². The highest BCUT2D eigenvalue weighted by Gasteiger charge is 1.99. The molecule has 1 N–H and O–H groups in total. The average molecular weight is 337 g/mol. The van der Waals surface area contributed by atoms with Crippen LogP contribution in [0.1, 0.15) is 44.9 Å². The molecule has 0 aliphatic heterocycles. The molecule has 2 aromatic carbocycles. The molecule has 134 valence electrons. The Morgan fingerprint density at radius 3 is 1.80 bits per heavy atom. The molecule has 3 heteroatoms. The maximum atomic E-state index is 5.87. The van der Waals surface area contributed by atoms with Crippen molar-refractivity contribution >= 4 is 13.5 Å². The predicted molar refractivity (Wildman–Crippen MR) is 113 cm³/mol. The summed E-state index contributed by atoms with van der Waals surface area (Å²) in [5, 5.41) is 3.14. The standard InChI is InChI=1S/C22H32BNO/c1-24-21-13-9-19(10-14-21)20-11-15-22(16-12-20)25-18-8-6-4-2-3-5-7-17-23/h9-16,24H,2-8,17-18,23H2,1H3.